The number of nitrogens with two attached hydrogens (primary N) is 1. The largest absolute Gasteiger partial charge is 0.369 e. The van der Waals surface area contributed by atoms with Gasteiger partial charge in [0.05, 0.1) is 17.8 Å². The maximum Gasteiger partial charge on any atom is 0.225 e. The van der Waals surface area contributed by atoms with Crippen LogP contribution in [0.3, 0.4) is 0 Å². The lowest BCUT2D eigenvalue weighted by atomic mass is 9.85. The standard InChI is InChI=1S/C31H33F2N9O/c32-24-13-20(15-34)14-25(33)27(24)39-31-38-26-16-36-30(40-29(26)42(31)23-10-8-21(9-11-23)28(35)43)37-22-7-4-12-41(18-22)17-19-5-2-1-3-6-19/h1-3,5-6,13-14,16,21-23H,4,7-12,17-18H2,(H2,35,43)(H,38,39)(H,36,37,40)/t21-,22-,23-/m1/s1. The SMILES string of the molecule is N#Cc1cc(F)c(Nc2nc3cnc(N[C@@H]4CCCN(Cc5ccccc5)C4)nc3n2[C@H]2CC[C@H](C(N)=O)CC2)c(F)c1. The summed E-state index contributed by atoms with van der Waals surface area (Å²) in [5, 5.41) is 15.4. The Kier molecular flexibility index (Phi) is 8.16. The Morgan fingerprint density at radius 1 is 1.07 bits per heavy atom. The first kappa shape index (κ1) is 28.5. The van der Waals surface area contributed by atoms with E-state index < -0.39 is 17.3 Å². The van der Waals surface area contributed by atoms with E-state index >= 15 is 0 Å². The van der Waals surface area contributed by atoms with Crippen LogP contribution in [0.5, 0.6) is 0 Å². The highest BCUT2D eigenvalue weighted by Crippen LogP contribution is 2.37. The number of primary amides is 1. The van der Waals surface area contributed by atoms with E-state index in [1.54, 1.807) is 12.3 Å². The van der Waals surface area contributed by atoms with Crippen molar-refractivity contribution in [3.8, 4) is 6.07 Å². The van der Waals surface area contributed by atoms with E-state index in [9.17, 15) is 13.6 Å². The number of nitrogens with zero attached hydrogens (tertiary/aromatic N) is 6. The van der Waals surface area contributed by atoms with Crippen LogP contribution in [-0.4, -0.2) is 49.5 Å². The molecule has 2 aromatic carbocycles. The maximum atomic E-state index is 14.9. The lowest BCUT2D eigenvalue weighted by molar-refractivity contribution is -0.122. The number of anilines is 3. The number of aromatic nitrogens is 4. The monoisotopic (exact) mass is 585 g/mol. The van der Waals surface area contributed by atoms with Gasteiger partial charge in [-0.1, -0.05) is 30.3 Å². The molecule has 10 nitrogen and oxygen atoms in total. The summed E-state index contributed by atoms with van der Waals surface area (Å²) in [6.45, 7) is 2.74. The van der Waals surface area contributed by atoms with E-state index in [0.717, 1.165) is 44.6 Å². The number of nitrogens with one attached hydrogen (secondary N) is 2. The van der Waals surface area contributed by atoms with Crippen LogP contribution in [0.15, 0.2) is 48.7 Å². The quantitative estimate of drug-likeness (QED) is 0.262. The molecule has 1 amide bonds. The summed E-state index contributed by atoms with van der Waals surface area (Å²) in [5.41, 5.74) is 7.29. The molecule has 1 saturated heterocycles. The van der Waals surface area contributed by atoms with Gasteiger partial charge in [-0.2, -0.15) is 10.2 Å². The fraction of sp³-hybridized carbons (Fsp3) is 0.387. The number of fused-ring (bicyclic) bond motifs is 1. The van der Waals surface area contributed by atoms with Crippen molar-refractivity contribution in [2.45, 2.75) is 57.2 Å². The van der Waals surface area contributed by atoms with Gasteiger partial charge in [-0.25, -0.2) is 18.7 Å². The Bertz CT molecular complexity index is 1640. The maximum absolute atomic E-state index is 14.9. The van der Waals surface area contributed by atoms with Crippen LogP contribution in [0.4, 0.5) is 26.4 Å². The summed E-state index contributed by atoms with van der Waals surface area (Å²) >= 11 is 0. The molecule has 1 atom stereocenters. The molecule has 12 heteroatoms. The molecule has 3 heterocycles. The second-order valence-corrected chi connectivity index (χ2v) is 11.4. The molecule has 0 unspecified atom stereocenters. The number of amides is 1. The number of likely N-dealkylation sites (tertiary alicyclic amines) is 1. The van der Waals surface area contributed by atoms with Crippen LogP contribution in [0.1, 0.15) is 55.7 Å². The Balaban J connectivity index is 1.29. The van der Waals surface area contributed by atoms with Gasteiger partial charge < -0.3 is 16.4 Å². The van der Waals surface area contributed by atoms with Gasteiger partial charge >= 0.3 is 0 Å². The van der Waals surface area contributed by atoms with Crippen LogP contribution in [0.25, 0.3) is 11.2 Å². The first-order valence-electron chi connectivity index (χ1n) is 14.6. The summed E-state index contributed by atoms with van der Waals surface area (Å²) in [7, 11) is 0. The van der Waals surface area contributed by atoms with Crippen LogP contribution < -0.4 is 16.4 Å². The zero-order valence-corrected chi connectivity index (χ0v) is 23.6. The lowest BCUT2D eigenvalue weighted by Gasteiger charge is -2.33. The number of hydrogen-bond donors (Lipinski definition) is 3. The number of rotatable bonds is 8. The van der Waals surface area contributed by atoms with E-state index in [2.05, 4.69) is 49.8 Å². The minimum atomic E-state index is -0.904. The molecule has 1 aliphatic carbocycles. The van der Waals surface area contributed by atoms with Gasteiger partial charge in [0.2, 0.25) is 17.8 Å². The number of carbonyl (C=O) groups is 1. The Hall–Kier alpha value is -4.63. The van der Waals surface area contributed by atoms with Gasteiger partial charge in [0, 0.05) is 31.1 Å². The Morgan fingerprint density at radius 3 is 2.51 bits per heavy atom. The zero-order valence-electron chi connectivity index (χ0n) is 23.6. The normalized spacial score (nSPS) is 20.9. The number of carbonyl (C=O) groups excluding carboxylic acids is 1. The predicted octanol–water partition coefficient (Wildman–Crippen LogP) is 5.01. The van der Waals surface area contributed by atoms with E-state index in [4.69, 9.17) is 16.0 Å². The average molecular weight is 586 g/mol. The molecule has 0 spiro atoms. The number of piperidine rings is 1. The van der Waals surface area contributed by atoms with Crippen LogP contribution >= 0.6 is 0 Å². The van der Waals surface area contributed by atoms with Crippen molar-refractivity contribution in [1.29, 1.82) is 5.26 Å². The zero-order chi connectivity index (χ0) is 29.9. The van der Waals surface area contributed by atoms with Gasteiger partial charge in [0.25, 0.3) is 0 Å². The van der Waals surface area contributed by atoms with E-state index in [1.807, 2.05) is 10.6 Å². The lowest BCUT2D eigenvalue weighted by Crippen LogP contribution is -2.41. The molecule has 2 aromatic heterocycles. The number of hydrogen-bond acceptors (Lipinski definition) is 8. The van der Waals surface area contributed by atoms with Crippen molar-refractivity contribution in [3.05, 3.63) is 71.4 Å². The van der Waals surface area contributed by atoms with Gasteiger partial charge in [-0.3, -0.25) is 14.3 Å². The molecule has 222 valence electrons. The van der Waals surface area contributed by atoms with Gasteiger partial charge in [0.15, 0.2) is 17.3 Å². The van der Waals surface area contributed by atoms with Gasteiger partial charge in [-0.05, 0) is 62.8 Å². The average Bonchev–Trinajstić information content (AvgIpc) is 3.36. The van der Waals surface area contributed by atoms with Crippen molar-refractivity contribution in [2.24, 2.45) is 11.7 Å². The number of imidazole rings is 1. The molecule has 1 aliphatic heterocycles. The van der Waals surface area contributed by atoms with Crippen molar-refractivity contribution in [2.75, 3.05) is 23.7 Å². The highest BCUT2D eigenvalue weighted by Gasteiger charge is 2.30. The second kappa shape index (κ2) is 12.3. The molecule has 6 rings (SSSR count). The fourth-order valence-electron chi connectivity index (χ4n) is 6.22. The van der Waals surface area contributed by atoms with Crippen LogP contribution in [-0.2, 0) is 11.3 Å². The Morgan fingerprint density at radius 2 is 1.81 bits per heavy atom. The third-order valence-electron chi connectivity index (χ3n) is 8.39. The first-order valence-corrected chi connectivity index (χ1v) is 14.6. The minimum Gasteiger partial charge on any atom is -0.369 e. The van der Waals surface area contributed by atoms with E-state index in [1.165, 1.54) is 5.56 Å². The van der Waals surface area contributed by atoms with Crippen molar-refractivity contribution < 1.29 is 13.6 Å². The minimum absolute atomic E-state index is 0.120. The molecule has 1 saturated carbocycles. The highest BCUT2D eigenvalue weighted by atomic mass is 19.1. The number of nitriles is 1. The summed E-state index contributed by atoms with van der Waals surface area (Å²) in [6.07, 6.45) is 6.06. The summed E-state index contributed by atoms with van der Waals surface area (Å²) in [5.74, 6) is -1.69. The molecule has 43 heavy (non-hydrogen) atoms. The molecule has 4 aromatic rings. The predicted molar refractivity (Wildman–Crippen MR) is 158 cm³/mol. The van der Waals surface area contributed by atoms with Crippen LogP contribution in [0.2, 0.25) is 0 Å². The highest BCUT2D eigenvalue weighted by molar-refractivity contribution is 5.78. The Labute approximate surface area is 247 Å². The van der Waals surface area contributed by atoms with Crippen molar-refractivity contribution in [3.63, 3.8) is 0 Å². The molecule has 2 fully saturated rings. The smallest absolute Gasteiger partial charge is 0.225 e. The van der Waals surface area contributed by atoms with Crippen LogP contribution in [0, 0.1) is 28.9 Å². The number of benzene rings is 2. The third kappa shape index (κ3) is 6.27. The molecule has 0 radical (unpaired) electrons. The molecule has 0 bridgehead atoms. The molecule has 2 aliphatic rings. The fourth-order valence-corrected chi connectivity index (χ4v) is 6.22. The summed E-state index contributed by atoms with van der Waals surface area (Å²) in [6, 6.07) is 14.1. The summed E-state index contributed by atoms with van der Waals surface area (Å²) < 4.78 is 31.6. The second-order valence-electron chi connectivity index (χ2n) is 11.4. The van der Waals surface area contributed by atoms with Gasteiger partial charge in [-0.15, -0.1) is 0 Å². The molecule has 4 N–H and O–H groups in total. The molecular formula is C31H33F2N9O. The number of halogens is 2. The molecular weight excluding hydrogens is 552 g/mol. The third-order valence-corrected chi connectivity index (χ3v) is 8.39. The van der Waals surface area contributed by atoms with E-state index in [0.29, 0.717) is 42.8 Å². The van der Waals surface area contributed by atoms with Gasteiger partial charge in [0.1, 0.15) is 11.2 Å². The van der Waals surface area contributed by atoms with Crippen molar-refractivity contribution >= 4 is 34.7 Å². The topological polar surface area (TPSA) is 138 Å². The van der Waals surface area contributed by atoms with Crippen molar-refractivity contribution in [1.82, 2.24) is 24.4 Å². The summed E-state index contributed by atoms with van der Waals surface area (Å²) in [4.78, 5) is 28.2. The van der Waals surface area contributed by atoms with E-state index in [-0.39, 0.29) is 35.4 Å². The first-order chi connectivity index (χ1) is 20.9.